The van der Waals surface area contributed by atoms with Crippen molar-refractivity contribution in [3.63, 3.8) is 0 Å². The van der Waals surface area contributed by atoms with Crippen molar-refractivity contribution in [3.8, 4) is 40.3 Å². The van der Waals surface area contributed by atoms with E-state index in [0.717, 1.165) is 71.8 Å². The fourth-order valence-electron chi connectivity index (χ4n) is 8.83. The standard InChI is InChI=1S/C50H29N5/c51-30-32-24-26-49-40(28-32)38-15-4-9-21-46(38)55(49)48-23-11-17-34(42(48)31-52)35-12-1-8-20-45(35)54-47-22-10-5-16-39(47)41-29-33(25-27-50(41)54)53-43-18-6-2-13-36(43)37-14-3-7-19-44(37)53/h1-29H. The van der Waals surface area contributed by atoms with Gasteiger partial charge in [0, 0.05) is 49.1 Å². The maximum atomic E-state index is 11.0. The number of benzene rings is 8. The molecule has 8 aromatic carbocycles. The molecule has 55 heavy (non-hydrogen) atoms. The summed E-state index contributed by atoms with van der Waals surface area (Å²) in [6, 6.07) is 65.9. The molecule has 0 radical (unpaired) electrons. The molecule has 0 fully saturated rings. The van der Waals surface area contributed by atoms with Crippen LogP contribution in [0, 0.1) is 22.7 Å². The van der Waals surface area contributed by atoms with Crippen LogP contribution >= 0.6 is 0 Å². The van der Waals surface area contributed by atoms with Gasteiger partial charge in [-0.05, 0) is 72.8 Å². The maximum absolute atomic E-state index is 11.0. The molecule has 11 rings (SSSR count). The lowest BCUT2D eigenvalue weighted by Crippen LogP contribution is -2.02. The Kier molecular flexibility index (Phi) is 6.61. The molecule has 0 bridgehead atoms. The predicted octanol–water partition coefficient (Wildman–Crippen LogP) is 12.4. The Bertz CT molecular complexity index is 3420. The lowest BCUT2D eigenvalue weighted by Gasteiger charge is -2.17. The smallest absolute Gasteiger partial charge is 0.102 e. The van der Waals surface area contributed by atoms with E-state index in [4.69, 9.17) is 0 Å². The van der Waals surface area contributed by atoms with Gasteiger partial charge in [0.2, 0.25) is 0 Å². The largest absolute Gasteiger partial charge is 0.309 e. The fraction of sp³-hybridized carbons (Fsp3) is 0. The molecular weight excluding hydrogens is 671 g/mol. The van der Waals surface area contributed by atoms with E-state index in [9.17, 15) is 10.5 Å². The minimum atomic E-state index is 0.580. The Balaban J connectivity index is 1.15. The molecular formula is C50H29N5. The summed E-state index contributed by atoms with van der Waals surface area (Å²) in [5.41, 5.74) is 12.3. The van der Waals surface area contributed by atoms with Gasteiger partial charge in [-0.3, -0.25) is 0 Å². The number of fused-ring (bicyclic) bond motifs is 9. The molecule has 0 aliphatic heterocycles. The van der Waals surface area contributed by atoms with Gasteiger partial charge in [0.15, 0.2) is 0 Å². The van der Waals surface area contributed by atoms with E-state index in [1.54, 1.807) is 0 Å². The van der Waals surface area contributed by atoms with E-state index in [1.807, 2.05) is 48.5 Å². The molecule has 3 heterocycles. The normalized spacial score (nSPS) is 11.6. The Labute approximate surface area is 316 Å². The zero-order chi connectivity index (χ0) is 36.6. The van der Waals surface area contributed by atoms with Crippen molar-refractivity contribution in [1.82, 2.24) is 13.7 Å². The van der Waals surface area contributed by atoms with E-state index < -0.39 is 0 Å². The Morgan fingerprint density at radius 3 is 1.40 bits per heavy atom. The quantitative estimate of drug-likeness (QED) is 0.184. The highest BCUT2D eigenvalue weighted by Gasteiger charge is 2.22. The Hall–Kier alpha value is -7.86. The number of nitriles is 2. The number of rotatable bonds is 4. The van der Waals surface area contributed by atoms with E-state index >= 15 is 0 Å². The van der Waals surface area contributed by atoms with Gasteiger partial charge in [0.1, 0.15) is 6.07 Å². The van der Waals surface area contributed by atoms with E-state index in [1.165, 1.54) is 21.8 Å². The first-order valence-corrected chi connectivity index (χ1v) is 18.3. The first-order valence-electron chi connectivity index (χ1n) is 18.3. The zero-order valence-electron chi connectivity index (χ0n) is 29.5. The van der Waals surface area contributed by atoms with E-state index in [2.05, 4.69) is 153 Å². The highest BCUT2D eigenvalue weighted by Crippen LogP contribution is 2.41. The van der Waals surface area contributed by atoms with E-state index in [0.29, 0.717) is 11.1 Å². The summed E-state index contributed by atoms with van der Waals surface area (Å²) in [6.45, 7) is 0. The fourth-order valence-corrected chi connectivity index (χ4v) is 8.83. The number of hydrogen-bond donors (Lipinski definition) is 0. The molecule has 0 atom stereocenters. The Morgan fingerprint density at radius 1 is 0.327 bits per heavy atom. The van der Waals surface area contributed by atoms with Gasteiger partial charge in [-0.2, -0.15) is 10.5 Å². The van der Waals surface area contributed by atoms with Crippen molar-refractivity contribution >= 4 is 65.4 Å². The van der Waals surface area contributed by atoms with Gasteiger partial charge in [-0.15, -0.1) is 0 Å². The summed E-state index contributed by atoms with van der Waals surface area (Å²) >= 11 is 0. The van der Waals surface area contributed by atoms with Crippen molar-refractivity contribution in [3.05, 3.63) is 187 Å². The molecule has 0 N–H and O–H groups in total. The third-order valence-electron chi connectivity index (χ3n) is 11.1. The van der Waals surface area contributed by atoms with Crippen molar-refractivity contribution in [2.24, 2.45) is 0 Å². The highest BCUT2D eigenvalue weighted by molar-refractivity contribution is 6.13. The molecule has 5 heteroatoms. The first kappa shape index (κ1) is 30.7. The van der Waals surface area contributed by atoms with Crippen LogP contribution in [0.3, 0.4) is 0 Å². The SMILES string of the molecule is N#Cc1ccc2c(c1)c1ccccc1n2-c1cccc(-c2ccccc2-n2c3ccccc3c3cc(-n4c5ccccc5c5ccccc54)ccc32)c1C#N. The molecule has 5 nitrogen and oxygen atoms in total. The summed E-state index contributed by atoms with van der Waals surface area (Å²) in [5, 5.41) is 27.5. The number of para-hydroxylation sites is 5. The van der Waals surface area contributed by atoms with Gasteiger partial charge in [0.05, 0.1) is 61.7 Å². The van der Waals surface area contributed by atoms with Crippen LogP contribution in [0.2, 0.25) is 0 Å². The average molecular weight is 700 g/mol. The van der Waals surface area contributed by atoms with Crippen LogP contribution in [0.5, 0.6) is 0 Å². The van der Waals surface area contributed by atoms with Crippen LogP contribution in [0.4, 0.5) is 0 Å². The van der Waals surface area contributed by atoms with Gasteiger partial charge < -0.3 is 13.7 Å². The topological polar surface area (TPSA) is 62.4 Å². The second kappa shape index (κ2) is 11.8. The van der Waals surface area contributed by atoms with Gasteiger partial charge in [-0.1, -0.05) is 103 Å². The maximum Gasteiger partial charge on any atom is 0.102 e. The van der Waals surface area contributed by atoms with Gasteiger partial charge in [-0.25, -0.2) is 0 Å². The van der Waals surface area contributed by atoms with E-state index in [-0.39, 0.29) is 0 Å². The van der Waals surface area contributed by atoms with Crippen molar-refractivity contribution in [2.75, 3.05) is 0 Å². The number of aromatic nitrogens is 3. The van der Waals surface area contributed by atoms with Gasteiger partial charge in [0.25, 0.3) is 0 Å². The van der Waals surface area contributed by atoms with Gasteiger partial charge >= 0.3 is 0 Å². The Morgan fingerprint density at radius 2 is 0.782 bits per heavy atom. The molecule has 0 amide bonds. The minimum Gasteiger partial charge on any atom is -0.309 e. The molecule has 0 spiro atoms. The predicted molar refractivity (Wildman–Crippen MR) is 224 cm³/mol. The van der Waals surface area contributed by atoms with Crippen LogP contribution in [0.15, 0.2) is 176 Å². The molecule has 0 saturated carbocycles. The second-order valence-electron chi connectivity index (χ2n) is 13.9. The minimum absolute atomic E-state index is 0.580. The molecule has 0 aliphatic carbocycles. The molecule has 11 aromatic rings. The summed E-state index contributed by atoms with van der Waals surface area (Å²) in [4.78, 5) is 0. The molecule has 0 saturated heterocycles. The highest BCUT2D eigenvalue weighted by atomic mass is 15.0. The van der Waals surface area contributed by atoms with Crippen LogP contribution < -0.4 is 0 Å². The average Bonchev–Trinajstić information content (AvgIpc) is 3.88. The number of nitrogens with zero attached hydrogens (tertiary/aromatic N) is 5. The van der Waals surface area contributed by atoms with Crippen LogP contribution in [0.1, 0.15) is 11.1 Å². The second-order valence-corrected chi connectivity index (χ2v) is 13.9. The monoisotopic (exact) mass is 699 g/mol. The van der Waals surface area contributed by atoms with Crippen molar-refractivity contribution in [1.29, 1.82) is 10.5 Å². The lowest BCUT2D eigenvalue weighted by molar-refractivity contribution is 1.16. The summed E-state index contributed by atoms with van der Waals surface area (Å²) in [5.74, 6) is 0. The third-order valence-corrected chi connectivity index (χ3v) is 11.1. The molecule has 0 aliphatic rings. The van der Waals surface area contributed by atoms with Crippen LogP contribution in [0.25, 0.3) is 93.6 Å². The van der Waals surface area contributed by atoms with Crippen molar-refractivity contribution < 1.29 is 0 Å². The number of hydrogen-bond acceptors (Lipinski definition) is 2. The lowest BCUT2D eigenvalue weighted by atomic mass is 9.96. The molecule has 254 valence electrons. The first-order chi connectivity index (χ1) is 27.2. The third kappa shape index (κ3) is 4.39. The van der Waals surface area contributed by atoms with Crippen molar-refractivity contribution in [2.45, 2.75) is 0 Å². The molecule has 3 aromatic heterocycles. The molecule has 0 unspecified atom stereocenters. The van der Waals surface area contributed by atoms with Crippen LogP contribution in [-0.4, -0.2) is 13.7 Å². The van der Waals surface area contributed by atoms with Crippen LogP contribution in [-0.2, 0) is 0 Å². The zero-order valence-corrected chi connectivity index (χ0v) is 29.5. The summed E-state index contributed by atoms with van der Waals surface area (Å²) in [6.07, 6.45) is 0. The summed E-state index contributed by atoms with van der Waals surface area (Å²) in [7, 11) is 0. The summed E-state index contributed by atoms with van der Waals surface area (Å²) < 4.78 is 6.87.